The largest absolute Gasteiger partial charge is 0.419 e. The average Bonchev–Trinajstić information content (AvgIpc) is 2.73. The minimum atomic E-state index is -4.69. The van der Waals surface area contributed by atoms with Crippen molar-refractivity contribution in [3.8, 4) is 0 Å². The Hall–Kier alpha value is -2.19. The smallest absolute Gasteiger partial charge is 0.339 e. The molecule has 2 aromatic carbocycles. The molecule has 1 aliphatic heterocycles. The minimum Gasteiger partial charge on any atom is -0.339 e. The minimum absolute atomic E-state index is 0.0189. The topological polar surface area (TPSA) is 32.3 Å². The number of alkyl halides is 3. The van der Waals surface area contributed by atoms with Crippen molar-refractivity contribution in [1.82, 2.24) is 10.2 Å². The van der Waals surface area contributed by atoms with E-state index in [1.807, 2.05) is 29.2 Å². The van der Waals surface area contributed by atoms with Crippen LogP contribution in [-0.4, -0.2) is 30.4 Å². The second kappa shape index (κ2) is 10.4. The lowest BCUT2D eigenvalue weighted by Gasteiger charge is -2.31. The molecule has 0 atom stereocenters. The Bertz CT molecular complexity index is 920. The van der Waals surface area contributed by atoms with Gasteiger partial charge < -0.3 is 10.2 Å². The number of rotatable bonds is 6. The van der Waals surface area contributed by atoms with Crippen molar-refractivity contribution in [3.05, 3.63) is 75.5 Å². The quantitative estimate of drug-likeness (QED) is 0.412. The number of piperidine rings is 1. The van der Waals surface area contributed by atoms with E-state index in [9.17, 15) is 22.4 Å². The van der Waals surface area contributed by atoms with Gasteiger partial charge >= 0.3 is 6.18 Å². The van der Waals surface area contributed by atoms with Gasteiger partial charge in [0.1, 0.15) is 5.82 Å². The molecule has 0 spiro atoms. The van der Waals surface area contributed by atoms with Crippen LogP contribution in [0, 0.1) is 11.7 Å². The molecule has 0 bridgehead atoms. The highest BCUT2D eigenvalue weighted by Gasteiger charge is 2.33. The van der Waals surface area contributed by atoms with E-state index in [0.717, 1.165) is 35.0 Å². The van der Waals surface area contributed by atoms with Gasteiger partial charge in [-0.3, -0.25) is 4.79 Å². The Labute approximate surface area is 187 Å². The van der Waals surface area contributed by atoms with Crippen molar-refractivity contribution in [3.63, 3.8) is 0 Å². The van der Waals surface area contributed by atoms with Crippen LogP contribution < -0.4 is 5.32 Å². The first-order valence-electron chi connectivity index (χ1n) is 10.0. The van der Waals surface area contributed by atoms with Crippen LogP contribution in [0.5, 0.6) is 0 Å². The van der Waals surface area contributed by atoms with Gasteiger partial charge in [-0.1, -0.05) is 34.1 Å². The molecule has 1 aliphatic rings. The van der Waals surface area contributed by atoms with E-state index in [0.29, 0.717) is 37.7 Å². The van der Waals surface area contributed by atoms with Gasteiger partial charge in [0.05, 0.1) is 5.56 Å². The highest BCUT2D eigenvalue weighted by molar-refractivity contribution is 9.10. The Balaban J connectivity index is 1.40. The van der Waals surface area contributed by atoms with Crippen LogP contribution in [0.15, 0.2) is 53.0 Å². The van der Waals surface area contributed by atoms with Crippen molar-refractivity contribution in [2.45, 2.75) is 25.6 Å². The summed E-state index contributed by atoms with van der Waals surface area (Å²) in [4.78, 5) is 14.2. The van der Waals surface area contributed by atoms with Gasteiger partial charge in [0.2, 0.25) is 5.91 Å². The fourth-order valence-electron chi connectivity index (χ4n) is 3.52. The van der Waals surface area contributed by atoms with Crippen LogP contribution in [0.1, 0.15) is 29.5 Å². The molecule has 1 amide bonds. The average molecular weight is 499 g/mol. The zero-order chi connectivity index (χ0) is 22.4. The van der Waals surface area contributed by atoms with Gasteiger partial charge in [0.15, 0.2) is 0 Å². The fraction of sp³-hybridized carbons (Fsp3) is 0.348. The van der Waals surface area contributed by atoms with Crippen molar-refractivity contribution in [2.24, 2.45) is 5.92 Å². The van der Waals surface area contributed by atoms with Crippen LogP contribution >= 0.6 is 15.9 Å². The molecule has 1 fully saturated rings. The third kappa shape index (κ3) is 6.90. The molecule has 3 rings (SSSR count). The van der Waals surface area contributed by atoms with E-state index in [2.05, 4.69) is 21.2 Å². The zero-order valence-corrected chi connectivity index (χ0v) is 18.3. The number of nitrogens with zero attached hydrogens (tertiary/aromatic N) is 1. The first kappa shape index (κ1) is 23.5. The van der Waals surface area contributed by atoms with E-state index in [1.165, 1.54) is 6.07 Å². The zero-order valence-electron chi connectivity index (χ0n) is 16.8. The predicted octanol–water partition coefficient (Wildman–Crippen LogP) is 5.65. The molecule has 1 saturated heterocycles. The van der Waals surface area contributed by atoms with E-state index in [1.54, 1.807) is 12.2 Å². The molecule has 0 saturated carbocycles. The summed E-state index contributed by atoms with van der Waals surface area (Å²) in [6.45, 7) is 2.28. The lowest BCUT2D eigenvalue weighted by molar-refractivity contribution is -0.140. The Morgan fingerprint density at radius 2 is 1.81 bits per heavy atom. The molecule has 0 aromatic heterocycles. The maximum absolute atomic E-state index is 13.6. The summed E-state index contributed by atoms with van der Waals surface area (Å²) in [5.74, 6) is -0.914. The number of benzene rings is 2. The molecule has 1 heterocycles. The van der Waals surface area contributed by atoms with E-state index < -0.39 is 17.6 Å². The van der Waals surface area contributed by atoms with Crippen LogP contribution in [0.4, 0.5) is 17.6 Å². The van der Waals surface area contributed by atoms with Gasteiger partial charge in [-0.2, -0.15) is 13.2 Å². The Morgan fingerprint density at radius 3 is 2.42 bits per heavy atom. The number of nitrogens with one attached hydrogen (secondary N) is 1. The number of halogens is 5. The van der Waals surface area contributed by atoms with E-state index in [4.69, 9.17) is 0 Å². The molecule has 0 aliphatic carbocycles. The Morgan fingerprint density at radius 1 is 1.13 bits per heavy atom. The molecule has 3 nitrogen and oxygen atoms in total. The summed E-state index contributed by atoms with van der Waals surface area (Å²) in [7, 11) is 0. The Kier molecular flexibility index (Phi) is 7.89. The van der Waals surface area contributed by atoms with Crippen LogP contribution in [0.2, 0.25) is 0 Å². The molecule has 8 heteroatoms. The van der Waals surface area contributed by atoms with Gasteiger partial charge in [-0.05, 0) is 66.8 Å². The SMILES string of the molecule is O=C(/C=C/c1ccc(Br)cc1)N1CCC(CNCc2ccc(C(F)(F)F)c(F)c2)CC1. The number of carbonyl (C=O) groups excluding carboxylic acids is 1. The van der Waals surface area contributed by atoms with E-state index >= 15 is 0 Å². The van der Waals surface area contributed by atoms with Gasteiger partial charge in [-0.15, -0.1) is 0 Å². The van der Waals surface area contributed by atoms with Gasteiger partial charge in [0.25, 0.3) is 0 Å². The highest BCUT2D eigenvalue weighted by Crippen LogP contribution is 2.31. The van der Waals surface area contributed by atoms with Crippen LogP contribution in [-0.2, 0) is 17.5 Å². The summed E-state index contributed by atoms with van der Waals surface area (Å²) in [6.07, 6.45) is 0.375. The second-order valence-corrected chi connectivity index (χ2v) is 8.51. The lowest BCUT2D eigenvalue weighted by Crippen LogP contribution is -2.40. The van der Waals surface area contributed by atoms with Crippen molar-refractivity contribution in [1.29, 1.82) is 0 Å². The number of amides is 1. The standard InChI is InChI=1S/C23H23BrF4N2O/c24-19-5-1-16(2-6-19)4-8-22(31)30-11-9-17(10-12-30)14-29-15-18-3-7-20(21(25)13-18)23(26,27)28/h1-8,13,17,29H,9-12,14-15H2/b8-4+. The fourth-order valence-corrected chi connectivity index (χ4v) is 3.79. The summed E-state index contributed by atoms with van der Waals surface area (Å²) < 4.78 is 52.5. The maximum atomic E-state index is 13.6. The normalized spacial score (nSPS) is 15.6. The molecule has 31 heavy (non-hydrogen) atoms. The van der Waals surface area contributed by atoms with Gasteiger partial charge in [0, 0.05) is 30.2 Å². The maximum Gasteiger partial charge on any atom is 0.419 e. The van der Waals surface area contributed by atoms with Crippen molar-refractivity contribution >= 4 is 27.9 Å². The third-order valence-corrected chi connectivity index (χ3v) is 5.84. The molecular formula is C23H23BrF4N2O. The number of hydrogen-bond donors (Lipinski definition) is 1. The molecule has 0 radical (unpaired) electrons. The monoisotopic (exact) mass is 498 g/mol. The van der Waals surface area contributed by atoms with Crippen LogP contribution in [0.25, 0.3) is 6.08 Å². The van der Waals surface area contributed by atoms with Crippen molar-refractivity contribution in [2.75, 3.05) is 19.6 Å². The number of hydrogen-bond acceptors (Lipinski definition) is 2. The molecule has 0 unspecified atom stereocenters. The predicted molar refractivity (Wildman–Crippen MR) is 116 cm³/mol. The third-order valence-electron chi connectivity index (χ3n) is 5.32. The number of carbonyl (C=O) groups is 1. The van der Waals surface area contributed by atoms with Crippen LogP contribution in [0.3, 0.4) is 0 Å². The molecule has 166 valence electrons. The van der Waals surface area contributed by atoms with Crippen molar-refractivity contribution < 1.29 is 22.4 Å². The van der Waals surface area contributed by atoms with E-state index in [-0.39, 0.29) is 5.91 Å². The number of likely N-dealkylation sites (tertiary alicyclic amines) is 1. The first-order chi connectivity index (χ1) is 14.7. The first-order valence-corrected chi connectivity index (χ1v) is 10.8. The summed E-state index contributed by atoms with van der Waals surface area (Å²) >= 11 is 3.38. The molecule has 1 N–H and O–H groups in total. The van der Waals surface area contributed by atoms with Gasteiger partial charge in [-0.25, -0.2) is 4.39 Å². The second-order valence-electron chi connectivity index (χ2n) is 7.60. The highest BCUT2D eigenvalue weighted by atomic mass is 79.9. The molecular weight excluding hydrogens is 476 g/mol. The lowest BCUT2D eigenvalue weighted by atomic mass is 9.96. The summed E-state index contributed by atoms with van der Waals surface area (Å²) in [5, 5.41) is 3.18. The molecule has 2 aromatic rings. The summed E-state index contributed by atoms with van der Waals surface area (Å²) in [6, 6.07) is 10.7. The summed E-state index contributed by atoms with van der Waals surface area (Å²) in [5.41, 5.74) is 0.175.